The number of hydrogen-bond donors (Lipinski definition) is 0. The first-order valence-electron chi connectivity index (χ1n) is 14.1. The highest BCUT2D eigenvalue weighted by Gasteiger charge is 2.39. The summed E-state index contributed by atoms with van der Waals surface area (Å²) in [7, 11) is 0. The second kappa shape index (κ2) is 11.5. The smallest absolute Gasteiger partial charge is 0.269 e. The first-order chi connectivity index (χ1) is 19.9. The zero-order chi connectivity index (χ0) is 28.5. The normalized spacial score (nSPS) is 17.5. The lowest BCUT2D eigenvalue weighted by Crippen LogP contribution is -2.53. The first-order valence-corrected chi connectivity index (χ1v) is 14.5. The van der Waals surface area contributed by atoms with E-state index in [4.69, 9.17) is 11.6 Å². The molecule has 1 aliphatic heterocycles. The second-order valence-electron chi connectivity index (χ2n) is 11.0. The number of benzene rings is 4. The van der Waals surface area contributed by atoms with Crippen LogP contribution in [0.1, 0.15) is 46.3 Å². The number of carbonyl (C=O) groups excluding carboxylic acids is 1. The second-order valence-corrected chi connectivity index (χ2v) is 11.4. The van der Waals surface area contributed by atoms with Crippen molar-refractivity contribution in [2.45, 2.75) is 50.9 Å². The van der Waals surface area contributed by atoms with E-state index in [0.717, 1.165) is 36.9 Å². The molecule has 6 nitrogen and oxygen atoms in total. The summed E-state index contributed by atoms with van der Waals surface area (Å²) in [5.74, 6) is 0.0192. The lowest BCUT2D eigenvalue weighted by atomic mass is 9.87. The topological polar surface area (TPSA) is 66.7 Å². The van der Waals surface area contributed by atoms with Gasteiger partial charge in [0.15, 0.2) is 0 Å². The fourth-order valence-corrected chi connectivity index (χ4v) is 6.78. The molecule has 0 saturated heterocycles. The Morgan fingerprint density at radius 2 is 1.56 bits per heavy atom. The van der Waals surface area contributed by atoms with Gasteiger partial charge in [0, 0.05) is 36.3 Å². The molecule has 0 spiro atoms. The van der Waals surface area contributed by atoms with Crippen LogP contribution in [0.15, 0.2) is 97.1 Å². The molecule has 208 valence electrons. The SMILES string of the molecule is CC(C(=O)N(Cc1cccc([N+](=O)[O-])c1)C1Cc2ccccc2C1)N1CCc2ccccc2C1c1ccccc1Cl. The first kappa shape index (κ1) is 27.2. The molecule has 1 aliphatic carbocycles. The van der Waals surface area contributed by atoms with Crippen molar-refractivity contribution in [2.75, 3.05) is 6.54 Å². The Morgan fingerprint density at radius 1 is 0.927 bits per heavy atom. The maximum Gasteiger partial charge on any atom is 0.269 e. The fraction of sp³-hybridized carbons (Fsp3) is 0.265. The molecule has 1 amide bonds. The van der Waals surface area contributed by atoms with Crippen LogP contribution in [0.2, 0.25) is 5.02 Å². The van der Waals surface area contributed by atoms with Gasteiger partial charge in [-0.1, -0.05) is 90.5 Å². The number of nitro groups is 1. The van der Waals surface area contributed by atoms with E-state index >= 15 is 0 Å². The van der Waals surface area contributed by atoms with Gasteiger partial charge in [0.05, 0.1) is 17.0 Å². The van der Waals surface area contributed by atoms with Gasteiger partial charge in [-0.3, -0.25) is 19.8 Å². The molecule has 4 aromatic rings. The molecule has 0 radical (unpaired) electrons. The van der Waals surface area contributed by atoms with Crippen molar-refractivity contribution in [3.8, 4) is 0 Å². The molecule has 0 fully saturated rings. The van der Waals surface area contributed by atoms with E-state index in [2.05, 4.69) is 35.2 Å². The molecular formula is C34H32ClN3O3. The Bertz CT molecular complexity index is 1580. The fourth-order valence-electron chi connectivity index (χ4n) is 6.54. The molecule has 0 saturated carbocycles. The van der Waals surface area contributed by atoms with E-state index in [0.29, 0.717) is 11.6 Å². The highest BCUT2D eigenvalue weighted by molar-refractivity contribution is 6.31. The van der Waals surface area contributed by atoms with Gasteiger partial charge >= 0.3 is 0 Å². The Labute approximate surface area is 245 Å². The molecule has 0 aromatic heterocycles. The predicted octanol–water partition coefficient (Wildman–Crippen LogP) is 6.78. The van der Waals surface area contributed by atoms with Crippen LogP contribution in [0, 0.1) is 10.1 Å². The van der Waals surface area contributed by atoms with E-state index < -0.39 is 6.04 Å². The van der Waals surface area contributed by atoms with Crippen LogP contribution in [0.3, 0.4) is 0 Å². The molecule has 1 heterocycles. The largest absolute Gasteiger partial charge is 0.333 e. The summed E-state index contributed by atoms with van der Waals surface area (Å²) < 4.78 is 0. The molecule has 0 bridgehead atoms. The predicted molar refractivity (Wildman–Crippen MR) is 161 cm³/mol. The quantitative estimate of drug-likeness (QED) is 0.183. The van der Waals surface area contributed by atoms with Gasteiger partial charge in [-0.25, -0.2) is 0 Å². The zero-order valence-electron chi connectivity index (χ0n) is 22.9. The molecular weight excluding hydrogens is 534 g/mol. The van der Waals surface area contributed by atoms with Crippen LogP contribution >= 0.6 is 11.6 Å². The van der Waals surface area contributed by atoms with E-state index in [-0.39, 0.29) is 28.6 Å². The average molecular weight is 566 g/mol. The molecule has 7 heteroatoms. The standard InChI is InChI=1S/C34H32ClN3O3/c1-23(36-18-17-25-10-4-5-14-30(25)33(36)31-15-6-7-16-32(31)35)34(39)37(22-24-9-8-13-28(19-24)38(40)41)29-20-26-11-2-3-12-27(26)21-29/h2-16,19,23,29,33H,17-18,20-22H2,1H3. The van der Waals surface area contributed by atoms with Gasteiger partial charge in [-0.2, -0.15) is 0 Å². The number of fused-ring (bicyclic) bond motifs is 2. The summed E-state index contributed by atoms with van der Waals surface area (Å²) in [6.07, 6.45) is 2.37. The number of nitro benzene ring substituents is 1. The van der Waals surface area contributed by atoms with Crippen molar-refractivity contribution >= 4 is 23.2 Å². The average Bonchev–Trinajstić information content (AvgIpc) is 3.43. The number of amides is 1. The summed E-state index contributed by atoms with van der Waals surface area (Å²) in [6.45, 7) is 3.02. The Hall–Kier alpha value is -4.00. The van der Waals surface area contributed by atoms with Gasteiger partial charge < -0.3 is 4.90 Å². The van der Waals surface area contributed by atoms with Crippen LogP contribution in [0.4, 0.5) is 5.69 Å². The molecule has 2 atom stereocenters. The third-order valence-corrected chi connectivity index (χ3v) is 8.95. The summed E-state index contributed by atoms with van der Waals surface area (Å²) in [5.41, 5.74) is 6.72. The van der Waals surface area contributed by atoms with Crippen molar-refractivity contribution < 1.29 is 9.72 Å². The molecule has 2 aliphatic rings. The Morgan fingerprint density at radius 3 is 2.24 bits per heavy atom. The number of rotatable bonds is 7. The lowest BCUT2D eigenvalue weighted by Gasteiger charge is -2.43. The molecule has 6 rings (SSSR count). The van der Waals surface area contributed by atoms with E-state index in [1.807, 2.05) is 60.4 Å². The number of carbonyl (C=O) groups is 1. The lowest BCUT2D eigenvalue weighted by molar-refractivity contribution is -0.384. The van der Waals surface area contributed by atoms with Crippen molar-refractivity contribution in [1.29, 1.82) is 0 Å². The highest BCUT2D eigenvalue weighted by Crippen LogP contribution is 2.40. The summed E-state index contributed by atoms with van der Waals surface area (Å²) in [5, 5.41) is 12.2. The molecule has 2 unspecified atom stereocenters. The molecule has 4 aromatic carbocycles. The molecule has 41 heavy (non-hydrogen) atoms. The summed E-state index contributed by atoms with van der Waals surface area (Å²) >= 11 is 6.76. The van der Waals surface area contributed by atoms with Gasteiger partial charge in [0.25, 0.3) is 5.69 Å². The van der Waals surface area contributed by atoms with Crippen molar-refractivity contribution in [3.63, 3.8) is 0 Å². The van der Waals surface area contributed by atoms with Gasteiger partial charge in [-0.05, 0) is 65.6 Å². The summed E-state index contributed by atoms with van der Waals surface area (Å²) in [4.78, 5) is 29.9. The van der Waals surface area contributed by atoms with Crippen molar-refractivity contribution in [2.24, 2.45) is 0 Å². The number of hydrogen-bond acceptors (Lipinski definition) is 4. The Balaban J connectivity index is 1.36. The van der Waals surface area contributed by atoms with Crippen LogP contribution in [-0.4, -0.2) is 39.3 Å². The van der Waals surface area contributed by atoms with Crippen LogP contribution in [0.5, 0.6) is 0 Å². The minimum atomic E-state index is -0.438. The number of nitrogens with zero attached hydrogens (tertiary/aromatic N) is 3. The number of non-ortho nitro benzene ring substituents is 1. The minimum Gasteiger partial charge on any atom is -0.333 e. The summed E-state index contributed by atoms with van der Waals surface area (Å²) in [6, 6.07) is 30.6. The van der Waals surface area contributed by atoms with E-state index in [1.54, 1.807) is 12.1 Å². The maximum atomic E-state index is 14.6. The monoisotopic (exact) mass is 565 g/mol. The van der Waals surface area contributed by atoms with E-state index in [9.17, 15) is 14.9 Å². The third kappa shape index (κ3) is 5.37. The van der Waals surface area contributed by atoms with Crippen molar-refractivity contribution in [1.82, 2.24) is 9.80 Å². The maximum absolute atomic E-state index is 14.6. The zero-order valence-corrected chi connectivity index (χ0v) is 23.7. The van der Waals surface area contributed by atoms with Crippen LogP contribution in [-0.2, 0) is 30.6 Å². The van der Waals surface area contributed by atoms with Crippen LogP contribution in [0.25, 0.3) is 0 Å². The van der Waals surface area contributed by atoms with Gasteiger partial charge in [-0.15, -0.1) is 0 Å². The number of halogens is 1. The minimum absolute atomic E-state index is 0.0192. The van der Waals surface area contributed by atoms with E-state index in [1.165, 1.54) is 28.3 Å². The Kier molecular flexibility index (Phi) is 7.61. The molecule has 0 N–H and O–H groups in total. The van der Waals surface area contributed by atoms with Crippen molar-refractivity contribution in [3.05, 3.63) is 146 Å². The van der Waals surface area contributed by atoms with Gasteiger partial charge in [0.1, 0.15) is 0 Å². The van der Waals surface area contributed by atoms with Crippen LogP contribution < -0.4 is 0 Å². The van der Waals surface area contributed by atoms with Gasteiger partial charge in [0.2, 0.25) is 5.91 Å². The highest BCUT2D eigenvalue weighted by atomic mass is 35.5. The third-order valence-electron chi connectivity index (χ3n) is 8.60.